The Labute approximate surface area is 157 Å². The fourth-order valence-corrected chi connectivity index (χ4v) is 3.28. The van der Waals surface area contributed by atoms with E-state index < -0.39 is 17.6 Å². The molecule has 28 heavy (non-hydrogen) atoms. The Kier molecular flexibility index (Phi) is 4.26. The number of rotatable bonds is 2. The van der Waals surface area contributed by atoms with Gasteiger partial charge in [-0.2, -0.15) is 13.2 Å². The van der Waals surface area contributed by atoms with E-state index in [9.17, 15) is 22.7 Å². The number of benzene rings is 3. The first-order chi connectivity index (χ1) is 13.4. The van der Waals surface area contributed by atoms with Gasteiger partial charge in [-0.1, -0.05) is 42.5 Å². The van der Waals surface area contributed by atoms with Crippen molar-refractivity contribution in [1.29, 1.82) is 0 Å². The molecule has 1 N–H and O–H groups in total. The first kappa shape index (κ1) is 18.0. The second kappa shape index (κ2) is 6.64. The summed E-state index contributed by atoms with van der Waals surface area (Å²) in [6.45, 7) is 0. The van der Waals surface area contributed by atoms with Crippen molar-refractivity contribution in [3.63, 3.8) is 0 Å². The van der Waals surface area contributed by atoms with Crippen molar-refractivity contribution >= 4 is 10.9 Å². The van der Waals surface area contributed by atoms with Crippen molar-refractivity contribution in [1.82, 2.24) is 4.98 Å². The number of aromatic nitrogens is 1. The molecule has 0 saturated carbocycles. The van der Waals surface area contributed by atoms with E-state index in [4.69, 9.17) is 0 Å². The van der Waals surface area contributed by atoms with Crippen molar-refractivity contribution in [3.05, 3.63) is 84.3 Å². The van der Waals surface area contributed by atoms with Crippen molar-refractivity contribution in [3.8, 4) is 28.0 Å². The maximum absolute atomic E-state index is 14.7. The highest BCUT2D eigenvalue weighted by molar-refractivity contribution is 6.03. The summed E-state index contributed by atoms with van der Waals surface area (Å²) in [6, 6.07) is 16.0. The maximum atomic E-state index is 14.7. The van der Waals surface area contributed by atoms with Crippen LogP contribution in [0.4, 0.5) is 17.6 Å². The molecule has 0 bridgehead atoms. The number of phenols is 1. The molecule has 0 saturated heterocycles. The summed E-state index contributed by atoms with van der Waals surface area (Å²) >= 11 is 0. The van der Waals surface area contributed by atoms with Crippen LogP contribution in [-0.2, 0) is 6.18 Å². The number of halogens is 4. The van der Waals surface area contributed by atoms with Gasteiger partial charge >= 0.3 is 6.18 Å². The quantitative estimate of drug-likeness (QED) is 0.405. The Bertz CT molecular complexity index is 1170. The van der Waals surface area contributed by atoms with Gasteiger partial charge in [0.15, 0.2) is 0 Å². The first-order valence-corrected chi connectivity index (χ1v) is 8.39. The summed E-state index contributed by atoms with van der Waals surface area (Å²) in [5.41, 5.74) is 0.226. The van der Waals surface area contributed by atoms with Crippen LogP contribution in [0.3, 0.4) is 0 Å². The number of pyridine rings is 1. The lowest BCUT2D eigenvalue weighted by molar-refractivity contribution is -0.136. The molecule has 3 aromatic carbocycles. The summed E-state index contributed by atoms with van der Waals surface area (Å²) in [5.74, 6) is -0.841. The van der Waals surface area contributed by atoms with E-state index in [1.54, 1.807) is 30.3 Å². The van der Waals surface area contributed by atoms with Gasteiger partial charge in [0, 0.05) is 28.3 Å². The highest BCUT2D eigenvalue weighted by Crippen LogP contribution is 2.42. The van der Waals surface area contributed by atoms with Gasteiger partial charge in [0.1, 0.15) is 11.6 Å². The van der Waals surface area contributed by atoms with Crippen LogP contribution in [0.25, 0.3) is 33.2 Å². The number of aromatic hydroxyl groups is 1. The smallest absolute Gasteiger partial charge is 0.418 e. The Morgan fingerprint density at radius 3 is 2.29 bits per heavy atom. The first-order valence-electron chi connectivity index (χ1n) is 8.39. The van der Waals surface area contributed by atoms with Crippen molar-refractivity contribution in [2.45, 2.75) is 6.18 Å². The zero-order valence-corrected chi connectivity index (χ0v) is 14.3. The standard InChI is InChI=1S/C22H13F4NO/c23-19-10-9-14(28)11-16(19)20-15-7-4-8-18(22(24,25)26)21(15)27-12-17(20)13-5-2-1-3-6-13/h1-12,28H. The van der Waals surface area contributed by atoms with E-state index in [-0.39, 0.29) is 27.8 Å². The minimum Gasteiger partial charge on any atom is -0.508 e. The molecular formula is C22H13F4NO. The molecule has 0 amide bonds. The summed E-state index contributed by atoms with van der Waals surface area (Å²) < 4.78 is 55.1. The zero-order chi connectivity index (χ0) is 19.9. The van der Waals surface area contributed by atoms with E-state index >= 15 is 0 Å². The van der Waals surface area contributed by atoms with E-state index in [2.05, 4.69) is 4.98 Å². The zero-order valence-electron chi connectivity index (χ0n) is 14.3. The monoisotopic (exact) mass is 383 g/mol. The van der Waals surface area contributed by atoms with Crippen LogP contribution in [0.15, 0.2) is 72.9 Å². The topological polar surface area (TPSA) is 33.1 Å². The summed E-state index contributed by atoms with van der Waals surface area (Å²) in [5, 5.41) is 10.0. The molecule has 4 rings (SSSR count). The third-order valence-electron chi connectivity index (χ3n) is 4.51. The lowest BCUT2D eigenvalue weighted by Crippen LogP contribution is -2.07. The van der Waals surface area contributed by atoms with Crippen molar-refractivity contribution in [2.24, 2.45) is 0 Å². The maximum Gasteiger partial charge on any atom is 0.418 e. The molecule has 0 unspecified atom stereocenters. The van der Waals surface area contributed by atoms with Gasteiger partial charge in [0.05, 0.1) is 11.1 Å². The molecule has 0 atom stereocenters. The number of phenolic OH excluding ortho intramolecular Hbond substituents is 1. The van der Waals surface area contributed by atoms with Crippen LogP contribution in [0.2, 0.25) is 0 Å². The number of fused-ring (bicyclic) bond motifs is 1. The fraction of sp³-hybridized carbons (Fsp3) is 0.0455. The summed E-state index contributed by atoms with van der Waals surface area (Å²) in [7, 11) is 0. The summed E-state index contributed by atoms with van der Waals surface area (Å²) in [6.07, 6.45) is -3.29. The highest BCUT2D eigenvalue weighted by atomic mass is 19.4. The van der Waals surface area contributed by atoms with Crippen molar-refractivity contribution < 1.29 is 22.7 Å². The largest absolute Gasteiger partial charge is 0.508 e. The SMILES string of the molecule is Oc1ccc(F)c(-c2c(-c3ccccc3)cnc3c(C(F)(F)F)cccc23)c1. The van der Waals surface area contributed by atoms with E-state index in [1.165, 1.54) is 30.5 Å². The predicted octanol–water partition coefficient (Wildman–Crippen LogP) is 6.43. The summed E-state index contributed by atoms with van der Waals surface area (Å²) in [4.78, 5) is 4.06. The number of hydrogen-bond acceptors (Lipinski definition) is 2. The van der Waals surface area contributed by atoms with Crippen LogP contribution in [-0.4, -0.2) is 10.1 Å². The van der Waals surface area contributed by atoms with Gasteiger partial charge in [-0.25, -0.2) is 4.39 Å². The van der Waals surface area contributed by atoms with Crippen LogP contribution in [0.1, 0.15) is 5.56 Å². The number of alkyl halides is 3. The number of hydrogen-bond donors (Lipinski definition) is 1. The van der Waals surface area contributed by atoms with Gasteiger partial charge < -0.3 is 5.11 Å². The minimum atomic E-state index is -4.60. The third-order valence-corrected chi connectivity index (χ3v) is 4.51. The molecule has 6 heteroatoms. The molecule has 0 radical (unpaired) electrons. The molecule has 0 spiro atoms. The second-order valence-electron chi connectivity index (χ2n) is 6.28. The molecule has 0 aliphatic heterocycles. The Hall–Kier alpha value is -3.41. The highest BCUT2D eigenvalue weighted by Gasteiger charge is 2.34. The number of para-hydroxylation sites is 1. The lowest BCUT2D eigenvalue weighted by atomic mass is 9.91. The second-order valence-corrected chi connectivity index (χ2v) is 6.28. The van der Waals surface area contributed by atoms with E-state index in [0.717, 1.165) is 12.1 Å². The van der Waals surface area contributed by atoms with Gasteiger partial charge in [0.25, 0.3) is 0 Å². The van der Waals surface area contributed by atoms with Crippen LogP contribution in [0, 0.1) is 5.82 Å². The molecule has 0 aliphatic carbocycles. The van der Waals surface area contributed by atoms with E-state index in [0.29, 0.717) is 11.1 Å². The Morgan fingerprint density at radius 1 is 0.821 bits per heavy atom. The average Bonchev–Trinajstić information content (AvgIpc) is 2.68. The molecule has 0 fully saturated rings. The van der Waals surface area contributed by atoms with Crippen LogP contribution >= 0.6 is 0 Å². The normalized spacial score (nSPS) is 11.7. The van der Waals surface area contributed by atoms with E-state index in [1.807, 2.05) is 0 Å². The van der Waals surface area contributed by atoms with Gasteiger partial charge in [0.2, 0.25) is 0 Å². The molecular weight excluding hydrogens is 370 g/mol. The molecule has 140 valence electrons. The molecule has 4 aromatic rings. The number of nitrogens with zero attached hydrogens (tertiary/aromatic N) is 1. The molecule has 0 aliphatic rings. The molecule has 2 nitrogen and oxygen atoms in total. The predicted molar refractivity (Wildman–Crippen MR) is 99.2 cm³/mol. The van der Waals surface area contributed by atoms with Gasteiger partial charge in [-0.05, 0) is 29.8 Å². The fourth-order valence-electron chi connectivity index (χ4n) is 3.28. The molecule has 1 heterocycles. The molecule has 1 aromatic heterocycles. The third kappa shape index (κ3) is 3.07. The Balaban J connectivity index is 2.16. The van der Waals surface area contributed by atoms with Gasteiger partial charge in [-0.15, -0.1) is 0 Å². The minimum absolute atomic E-state index is 0.00516. The van der Waals surface area contributed by atoms with Gasteiger partial charge in [-0.3, -0.25) is 4.98 Å². The van der Waals surface area contributed by atoms with Crippen LogP contribution < -0.4 is 0 Å². The average molecular weight is 383 g/mol. The Morgan fingerprint density at radius 2 is 1.57 bits per heavy atom. The van der Waals surface area contributed by atoms with Crippen LogP contribution in [0.5, 0.6) is 5.75 Å². The lowest BCUT2D eigenvalue weighted by Gasteiger charge is -2.17. The van der Waals surface area contributed by atoms with Crippen molar-refractivity contribution in [2.75, 3.05) is 0 Å².